The van der Waals surface area contributed by atoms with Gasteiger partial charge in [-0.05, 0) is 37.1 Å². The van der Waals surface area contributed by atoms with Gasteiger partial charge in [-0.25, -0.2) is 0 Å². The molecule has 96 valence electrons. The number of aromatic nitrogens is 2. The molecule has 0 amide bonds. The Morgan fingerprint density at radius 3 is 2.61 bits per heavy atom. The van der Waals surface area contributed by atoms with Crippen LogP contribution < -0.4 is 4.74 Å². The van der Waals surface area contributed by atoms with Crippen molar-refractivity contribution in [2.45, 2.75) is 26.5 Å². The van der Waals surface area contributed by atoms with Gasteiger partial charge < -0.3 is 9.84 Å². The molecule has 0 bridgehead atoms. The monoisotopic (exact) mass is 246 g/mol. The van der Waals surface area contributed by atoms with Crippen molar-refractivity contribution in [1.29, 1.82) is 0 Å². The highest BCUT2D eigenvalue weighted by atomic mass is 16.5. The van der Waals surface area contributed by atoms with Gasteiger partial charge in [0.05, 0.1) is 25.5 Å². The second-order valence-electron chi connectivity index (χ2n) is 4.26. The molecule has 0 aliphatic carbocycles. The Bertz CT molecular complexity index is 491. The van der Waals surface area contributed by atoms with Crippen molar-refractivity contribution in [1.82, 2.24) is 9.78 Å². The molecule has 0 fully saturated rings. The van der Waals surface area contributed by atoms with E-state index in [9.17, 15) is 5.11 Å². The van der Waals surface area contributed by atoms with Gasteiger partial charge in [0.25, 0.3) is 0 Å². The van der Waals surface area contributed by atoms with Crippen LogP contribution in [-0.4, -0.2) is 21.5 Å². The lowest BCUT2D eigenvalue weighted by Crippen LogP contribution is -2.09. The lowest BCUT2D eigenvalue weighted by molar-refractivity contribution is 0.151. The number of hydrogen-bond acceptors (Lipinski definition) is 3. The zero-order valence-electron chi connectivity index (χ0n) is 10.7. The van der Waals surface area contributed by atoms with Gasteiger partial charge in [-0.3, -0.25) is 4.68 Å². The molecule has 2 rings (SSSR count). The Morgan fingerprint density at radius 2 is 2.06 bits per heavy atom. The number of ether oxygens (including phenoxy) is 1. The van der Waals surface area contributed by atoms with Crippen molar-refractivity contribution in [3.05, 3.63) is 47.8 Å². The molecule has 4 heteroatoms. The molecule has 1 aromatic heterocycles. The third-order valence-corrected chi connectivity index (χ3v) is 2.70. The van der Waals surface area contributed by atoms with Crippen molar-refractivity contribution in [2.75, 3.05) is 6.61 Å². The molecule has 0 aliphatic rings. The second-order valence-corrected chi connectivity index (χ2v) is 4.26. The van der Waals surface area contributed by atoms with Crippen molar-refractivity contribution in [3.8, 4) is 5.75 Å². The fourth-order valence-corrected chi connectivity index (χ4v) is 1.80. The quantitative estimate of drug-likeness (QED) is 0.880. The maximum atomic E-state index is 10.1. The van der Waals surface area contributed by atoms with Gasteiger partial charge >= 0.3 is 0 Å². The maximum Gasteiger partial charge on any atom is 0.119 e. The van der Waals surface area contributed by atoms with Crippen molar-refractivity contribution < 1.29 is 9.84 Å². The van der Waals surface area contributed by atoms with Crippen LogP contribution in [0, 0.1) is 6.92 Å². The van der Waals surface area contributed by atoms with Crippen molar-refractivity contribution in [3.63, 3.8) is 0 Å². The molecule has 0 saturated heterocycles. The number of aliphatic hydroxyl groups excluding tert-OH is 1. The van der Waals surface area contributed by atoms with Crippen LogP contribution >= 0.6 is 0 Å². The molecule has 0 aliphatic heterocycles. The lowest BCUT2D eigenvalue weighted by atomic mass is 10.1. The average molecular weight is 246 g/mol. The fourth-order valence-electron chi connectivity index (χ4n) is 1.80. The maximum absolute atomic E-state index is 10.1. The number of aryl methyl sites for hydroxylation is 1. The van der Waals surface area contributed by atoms with E-state index in [1.807, 2.05) is 44.3 Å². The Labute approximate surface area is 107 Å². The van der Waals surface area contributed by atoms with E-state index in [1.165, 1.54) is 0 Å². The third-order valence-electron chi connectivity index (χ3n) is 2.70. The summed E-state index contributed by atoms with van der Waals surface area (Å²) in [4.78, 5) is 0. The summed E-state index contributed by atoms with van der Waals surface area (Å²) in [6, 6.07) is 7.50. The van der Waals surface area contributed by atoms with Gasteiger partial charge in [-0.1, -0.05) is 12.1 Å². The SMILES string of the molecule is CCOc1ccc(C(O)Cn2cc(C)cn2)cc1. The van der Waals surface area contributed by atoms with E-state index in [4.69, 9.17) is 4.74 Å². The minimum Gasteiger partial charge on any atom is -0.494 e. The molecule has 1 aromatic carbocycles. The molecular formula is C14H18N2O2. The molecule has 2 aromatic rings. The normalized spacial score (nSPS) is 12.4. The summed E-state index contributed by atoms with van der Waals surface area (Å²) < 4.78 is 7.11. The van der Waals surface area contributed by atoms with Gasteiger partial charge in [0.2, 0.25) is 0 Å². The molecule has 1 N–H and O–H groups in total. The second kappa shape index (κ2) is 5.69. The van der Waals surface area contributed by atoms with Gasteiger partial charge in [-0.2, -0.15) is 5.10 Å². The van der Waals surface area contributed by atoms with Crippen LogP contribution in [-0.2, 0) is 6.54 Å². The van der Waals surface area contributed by atoms with E-state index in [2.05, 4.69) is 5.10 Å². The zero-order valence-corrected chi connectivity index (χ0v) is 10.7. The van der Waals surface area contributed by atoms with Gasteiger partial charge in [0.15, 0.2) is 0 Å². The molecule has 1 atom stereocenters. The van der Waals surface area contributed by atoms with Crippen LogP contribution in [0.1, 0.15) is 24.2 Å². The molecular weight excluding hydrogens is 228 g/mol. The predicted octanol–water partition coefficient (Wildman–Crippen LogP) is 2.32. The smallest absolute Gasteiger partial charge is 0.119 e. The predicted molar refractivity (Wildman–Crippen MR) is 69.5 cm³/mol. The number of aliphatic hydroxyl groups is 1. The van der Waals surface area contributed by atoms with Crippen LogP contribution in [0.25, 0.3) is 0 Å². The lowest BCUT2D eigenvalue weighted by Gasteiger charge is -2.12. The van der Waals surface area contributed by atoms with Crippen LogP contribution in [0.5, 0.6) is 5.75 Å². The highest BCUT2D eigenvalue weighted by Gasteiger charge is 2.09. The first-order chi connectivity index (χ1) is 8.69. The standard InChI is InChI=1S/C14H18N2O2/c1-3-18-13-6-4-12(5-7-13)14(17)10-16-9-11(2)8-15-16/h4-9,14,17H,3,10H2,1-2H3. The summed E-state index contributed by atoms with van der Waals surface area (Å²) in [6.45, 7) is 5.03. The van der Waals surface area contributed by atoms with E-state index in [1.54, 1.807) is 10.9 Å². The number of hydrogen-bond donors (Lipinski definition) is 1. The molecule has 1 heterocycles. The van der Waals surface area contributed by atoms with Gasteiger partial charge in [0, 0.05) is 6.20 Å². The summed E-state index contributed by atoms with van der Waals surface area (Å²) in [5.41, 5.74) is 1.96. The zero-order chi connectivity index (χ0) is 13.0. The Hall–Kier alpha value is -1.81. The van der Waals surface area contributed by atoms with E-state index in [0.717, 1.165) is 16.9 Å². The average Bonchev–Trinajstić information content (AvgIpc) is 2.76. The highest BCUT2D eigenvalue weighted by molar-refractivity contribution is 5.28. The Morgan fingerprint density at radius 1 is 1.33 bits per heavy atom. The molecule has 18 heavy (non-hydrogen) atoms. The summed E-state index contributed by atoms with van der Waals surface area (Å²) >= 11 is 0. The van der Waals surface area contributed by atoms with Crippen LogP contribution in [0.15, 0.2) is 36.7 Å². The van der Waals surface area contributed by atoms with E-state index in [-0.39, 0.29) is 0 Å². The minimum atomic E-state index is -0.556. The van der Waals surface area contributed by atoms with E-state index >= 15 is 0 Å². The summed E-state index contributed by atoms with van der Waals surface area (Å²) in [7, 11) is 0. The molecule has 4 nitrogen and oxygen atoms in total. The summed E-state index contributed by atoms with van der Waals surface area (Å²) in [6.07, 6.45) is 3.14. The van der Waals surface area contributed by atoms with Crippen molar-refractivity contribution in [2.24, 2.45) is 0 Å². The number of rotatable bonds is 5. The first-order valence-electron chi connectivity index (χ1n) is 6.09. The summed E-state index contributed by atoms with van der Waals surface area (Å²) in [5, 5.41) is 14.3. The van der Waals surface area contributed by atoms with Gasteiger partial charge in [-0.15, -0.1) is 0 Å². The van der Waals surface area contributed by atoms with Crippen LogP contribution in [0.4, 0.5) is 0 Å². The highest BCUT2D eigenvalue weighted by Crippen LogP contribution is 2.19. The topological polar surface area (TPSA) is 47.3 Å². The number of nitrogens with zero attached hydrogens (tertiary/aromatic N) is 2. The molecule has 0 saturated carbocycles. The first kappa shape index (κ1) is 12.6. The van der Waals surface area contributed by atoms with E-state index < -0.39 is 6.10 Å². The Balaban J connectivity index is 2.02. The molecule has 0 radical (unpaired) electrons. The van der Waals surface area contributed by atoms with Gasteiger partial charge in [0.1, 0.15) is 5.75 Å². The first-order valence-corrected chi connectivity index (χ1v) is 6.09. The van der Waals surface area contributed by atoms with Crippen LogP contribution in [0.2, 0.25) is 0 Å². The fraction of sp³-hybridized carbons (Fsp3) is 0.357. The largest absolute Gasteiger partial charge is 0.494 e. The number of benzene rings is 1. The third kappa shape index (κ3) is 3.11. The molecule has 1 unspecified atom stereocenters. The summed E-state index contributed by atoms with van der Waals surface area (Å²) in [5.74, 6) is 0.823. The minimum absolute atomic E-state index is 0.460. The van der Waals surface area contributed by atoms with Crippen LogP contribution in [0.3, 0.4) is 0 Å². The van der Waals surface area contributed by atoms with Crippen molar-refractivity contribution >= 4 is 0 Å². The Kier molecular flexibility index (Phi) is 3.99. The van der Waals surface area contributed by atoms with E-state index in [0.29, 0.717) is 13.2 Å². The molecule has 0 spiro atoms.